The van der Waals surface area contributed by atoms with Crippen molar-refractivity contribution in [2.75, 3.05) is 42.2 Å². The van der Waals surface area contributed by atoms with E-state index in [1.165, 1.54) is 0 Å². The van der Waals surface area contributed by atoms with Gasteiger partial charge in [0.05, 0.1) is 37.5 Å². The van der Waals surface area contributed by atoms with Gasteiger partial charge in [-0.3, -0.25) is 19.2 Å². The summed E-state index contributed by atoms with van der Waals surface area (Å²) < 4.78 is 35.6. The fraction of sp³-hybridized carbons (Fsp3) is 0.235. The van der Waals surface area contributed by atoms with Crippen molar-refractivity contribution in [2.24, 2.45) is 0 Å². The van der Waals surface area contributed by atoms with Crippen LogP contribution in [0.5, 0.6) is 11.5 Å². The van der Waals surface area contributed by atoms with Crippen molar-refractivity contribution in [3.8, 4) is 11.5 Å². The second-order valence-electron chi connectivity index (χ2n) is 11.0. The number of aromatic nitrogens is 3. The van der Waals surface area contributed by atoms with Crippen LogP contribution in [0.4, 0.5) is 28.7 Å². The van der Waals surface area contributed by atoms with E-state index < -0.39 is 11.3 Å². The van der Waals surface area contributed by atoms with Crippen LogP contribution in [-0.4, -0.2) is 61.8 Å². The van der Waals surface area contributed by atoms with Crippen LogP contribution in [0.1, 0.15) is 30.9 Å². The molecule has 242 valence electrons. The quantitative estimate of drug-likeness (QED) is 0.141. The van der Waals surface area contributed by atoms with E-state index >= 15 is 0 Å². The molecule has 12 nitrogen and oxygen atoms in total. The van der Waals surface area contributed by atoms with Crippen molar-refractivity contribution in [3.63, 3.8) is 0 Å². The molecule has 1 amide bonds. The van der Waals surface area contributed by atoms with E-state index in [0.717, 1.165) is 35.7 Å². The Bertz CT molecular complexity index is 1870. The molecule has 3 aromatic carbocycles. The number of ether oxygens (including phenoxy) is 2. The highest BCUT2D eigenvalue weighted by Gasteiger charge is 2.27. The van der Waals surface area contributed by atoms with Crippen LogP contribution in [0, 0.1) is 0 Å². The number of nitrogens with zero attached hydrogens (tertiary/aromatic N) is 5. The zero-order chi connectivity index (χ0) is 32.8. The Kier molecular flexibility index (Phi) is 9.86. The number of piperidine rings is 1. The molecule has 0 spiro atoms. The van der Waals surface area contributed by atoms with Gasteiger partial charge >= 0.3 is 0 Å². The summed E-state index contributed by atoms with van der Waals surface area (Å²) in [6.07, 6.45) is 6.64. The second kappa shape index (κ2) is 14.5. The van der Waals surface area contributed by atoms with Gasteiger partial charge in [-0.2, -0.15) is 0 Å². The molecular formula is C34H35N7O5S. The Morgan fingerprint density at radius 2 is 1.66 bits per heavy atom. The molecular weight excluding hydrogens is 618 g/mol. The second-order valence-corrected chi connectivity index (χ2v) is 11.8. The van der Waals surface area contributed by atoms with Crippen LogP contribution in [0.15, 0.2) is 91.3 Å². The van der Waals surface area contributed by atoms with Crippen LogP contribution < -0.4 is 24.4 Å². The number of carbonyl (C=O) groups is 1. The first-order valence-corrected chi connectivity index (χ1v) is 16.2. The lowest BCUT2D eigenvalue weighted by molar-refractivity contribution is -0.118. The van der Waals surface area contributed by atoms with Gasteiger partial charge < -0.3 is 20.1 Å². The third-order valence-electron chi connectivity index (χ3n) is 7.93. The standard InChI is InChI=1S/C34H35N7O5S/c1-45-27-19-25(20-28(21-27)46-2)37-33-34(39-30-11-4-3-10-29(30)38-33)41(47(43)44)26-9-7-8-24(18-26)36-32(42)22-40-17-6-5-12-31(40)23-13-15-35-16-14-23/h3-4,7-11,13-16,18-21,31H,5-6,12,17,22H2,1-2H3,(H,36,42)(H,37,38)(H,43,44). The molecule has 1 fully saturated rings. The molecule has 6 rings (SSSR count). The summed E-state index contributed by atoms with van der Waals surface area (Å²) in [7, 11) is 3.10. The Morgan fingerprint density at radius 3 is 2.36 bits per heavy atom. The van der Waals surface area contributed by atoms with Crippen molar-refractivity contribution in [1.82, 2.24) is 19.9 Å². The molecule has 1 saturated heterocycles. The van der Waals surface area contributed by atoms with E-state index in [1.54, 1.807) is 81.2 Å². The van der Waals surface area contributed by atoms with Gasteiger partial charge in [-0.05, 0) is 67.4 Å². The maximum atomic E-state index is 13.3. The average Bonchev–Trinajstić information content (AvgIpc) is 3.09. The maximum absolute atomic E-state index is 13.3. The normalized spacial score (nSPS) is 15.5. The van der Waals surface area contributed by atoms with Gasteiger partial charge in [0.25, 0.3) is 11.3 Å². The van der Waals surface area contributed by atoms with Gasteiger partial charge in [-0.15, -0.1) is 0 Å². The summed E-state index contributed by atoms with van der Waals surface area (Å²) in [5.74, 6) is 1.24. The van der Waals surface area contributed by atoms with Gasteiger partial charge in [0, 0.05) is 48.0 Å². The number of hydrogen-bond acceptors (Lipinski definition) is 9. The Labute approximate surface area is 275 Å². The summed E-state index contributed by atoms with van der Waals surface area (Å²) in [4.78, 5) is 29.1. The Morgan fingerprint density at radius 1 is 0.936 bits per heavy atom. The number of benzene rings is 3. The molecule has 0 radical (unpaired) electrons. The largest absolute Gasteiger partial charge is 0.497 e. The summed E-state index contributed by atoms with van der Waals surface area (Å²) >= 11 is -2.57. The molecule has 3 heterocycles. The molecule has 1 aliphatic heterocycles. The number of hydrogen-bond donors (Lipinski definition) is 3. The summed E-state index contributed by atoms with van der Waals surface area (Å²) in [5, 5.41) is 6.21. The summed E-state index contributed by atoms with van der Waals surface area (Å²) in [6.45, 7) is 1.02. The van der Waals surface area contributed by atoms with Crippen LogP contribution in [0.2, 0.25) is 0 Å². The first-order chi connectivity index (χ1) is 22.9. The molecule has 1 aliphatic rings. The van der Waals surface area contributed by atoms with E-state index in [0.29, 0.717) is 39.6 Å². The molecule has 2 atom stereocenters. The molecule has 2 unspecified atom stereocenters. The molecule has 0 aliphatic carbocycles. The fourth-order valence-corrected chi connectivity index (χ4v) is 6.33. The van der Waals surface area contributed by atoms with Crippen molar-refractivity contribution in [2.45, 2.75) is 25.3 Å². The van der Waals surface area contributed by atoms with Crippen molar-refractivity contribution in [1.29, 1.82) is 0 Å². The number of anilines is 5. The first kappa shape index (κ1) is 31.9. The van der Waals surface area contributed by atoms with Crippen LogP contribution >= 0.6 is 0 Å². The van der Waals surface area contributed by atoms with Gasteiger partial charge in [0.2, 0.25) is 5.91 Å². The molecule has 13 heteroatoms. The number of fused-ring (bicyclic) bond motifs is 1. The maximum Gasteiger partial charge on any atom is 0.268 e. The number of pyridine rings is 1. The van der Waals surface area contributed by atoms with Gasteiger partial charge in [0.1, 0.15) is 11.5 Å². The third kappa shape index (κ3) is 7.49. The van der Waals surface area contributed by atoms with Crippen LogP contribution in [0.25, 0.3) is 11.0 Å². The van der Waals surface area contributed by atoms with Crippen molar-refractivity contribution < 1.29 is 23.0 Å². The number of rotatable bonds is 11. The smallest absolute Gasteiger partial charge is 0.268 e. The molecule has 2 aromatic heterocycles. The zero-order valence-corrected chi connectivity index (χ0v) is 26.8. The third-order valence-corrected chi connectivity index (χ3v) is 8.63. The summed E-state index contributed by atoms with van der Waals surface area (Å²) in [6, 6.07) is 23.4. The molecule has 0 bridgehead atoms. The van der Waals surface area contributed by atoms with Gasteiger partial charge in [0.15, 0.2) is 11.6 Å². The number of amides is 1. The predicted molar refractivity (Wildman–Crippen MR) is 183 cm³/mol. The predicted octanol–water partition coefficient (Wildman–Crippen LogP) is 6.23. The highest BCUT2D eigenvalue weighted by Crippen LogP contribution is 2.36. The SMILES string of the molecule is COc1cc(Nc2nc3ccccc3nc2N(c2cccc(NC(=O)CN3CCCCC3c3ccncc3)c2)S(=O)O)cc(OC)c1. The minimum absolute atomic E-state index is 0.100. The van der Waals surface area contributed by atoms with Gasteiger partial charge in [-0.25, -0.2) is 18.5 Å². The molecule has 47 heavy (non-hydrogen) atoms. The lowest BCUT2D eigenvalue weighted by Gasteiger charge is -2.35. The first-order valence-electron chi connectivity index (χ1n) is 15.1. The van der Waals surface area contributed by atoms with Gasteiger partial charge in [-0.1, -0.05) is 24.6 Å². The molecule has 5 aromatic rings. The van der Waals surface area contributed by atoms with E-state index in [4.69, 9.17) is 19.4 Å². The monoisotopic (exact) mass is 653 g/mol. The Balaban J connectivity index is 1.30. The minimum Gasteiger partial charge on any atom is -0.497 e. The molecule has 3 N–H and O–H groups in total. The van der Waals surface area contributed by atoms with Crippen molar-refractivity contribution >= 4 is 56.9 Å². The number of nitrogens with one attached hydrogen (secondary N) is 2. The van der Waals surface area contributed by atoms with Crippen LogP contribution in [0.3, 0.4) is 0 Å². The molecule has 0 saturated carbocycles. The van der Waals surface area contributed by atoms with Crippen molar-refractivity contribution in [3.05, 3.63) is 96.8 Å². The van der Waals surface area contributed by atoms with Crippen LogP contribution in [-0.2, 0) is 16.1 Å². The highest BCUT2D eigenvalue weighted by atomic mass is 32.2. The lowest BCUT2D eigenvalue weighted by Crippen LogP contribution is -2.39. The minimum atomic E-state index is -2.57. The van der Waals surface area contributed by atoms with E-state index in [2.05, 4.69) is 20.5 Å². The number of carbonyl (C=O) groups excluding carboxylic acids is 1. The Hall–Kier alpha value is -5.11. The fourth-order valence-electron chi connectivity index (χ4n) is 5.76. The van der Waals surface area contributed by atoms with E-state index in [-0.39, 0.29) is 30.1 Å². The number of para-hydroxylation sites is 2. The van der Waals surface area contributed by atoms with E-state index in [1.807, 2.05) is 24.3 Å². The summed E-state index contributed by atoms with van der Waals surface area (Å²) in [5.41, 5.74) is 3.62. The number of likely N-dealkylation sites (tertiary alicyclic amines) is 1. The topological polar surface area (TPSA) is 142 Å². The average molecular weight is 654 g/mol. The lowest BCUT2D eigenvalue weighted by atomic mass is 9.96. The van der Waals surface area contributed by atoms with E-state index in [9.17, 15) is 13.6 Å². The number of methoxy groups -OCH3 is 2. The zero-order valence-electron chi connectivity index (χ0n) is 26.0. The highest BCUT2D eigenvalue weighted by molar-refractivity contribution is 7.81.